The van der Waals surface area contributed by atoms with Crippen molar-refractivity contribution >= 4 is 17.3 Å². The monoisotopic (exact) mass is 231 g/mol. The van der Waals surface area contributed by atoms with Gasteiger partial charge >= 0.3 is 0 Å². The highest BCUT2D eigenvalue weighted by Gasteiger charge is 2.25. The van der Waals surface area contributed by atoms with Gasteiger partial charge in [0.2, 0.25) is 0 Å². The van der Waals surface area contributed by atoms with E-state index in [0.717, 1.165) is 29.2 Å². The van der Waals surface area contributed by atoms with Gasteiger partial charge in [-0.1, -0.05) is 19.1 Å². The van der Waals surface area contributed by atoms with Crippen LogP contribution in [0, 0.1) is 0 Å². The zero-order chi connectivity index (χ0) is 12.3. The summed E-state index contributed by atoms with van der Waals surface area (Å²) in [5, 5.41) is 4.20. The molecule has 1 unspecified atom stereocenters. The van der Waals surface area contributed by atoms with Gasteiger partial charge in [0.05, 0.1) is 11.8 Å². The van der Waals surface area contributed by atoms with Gasteiger partial charge in [0, 0.05) is 5.39 Å². The van der Waals surface area contributed by atoms with E-state index in [4.69, 9.17) is 4.42 Å². The van der Waals surface area contributed by atoms with Crippen molar-refractivity contribution in [1.82, 2.24) is 5.32 Å². The van der Waals surface area contributed by atoms with Crippen LogP contribution >= 0.6 is 0 Å². The van der Waals surface area contributed by atoms with Gasteiger partial charge in [-0.05, 0) is 37.6 Å². The minimum absolute atomic E-state index is 0.472. The van der Waals surface area contributed by atoms with Gasteiger partial charge in [0.1, 0.15) is 11.9 Å². The topological polar surface area (TPSA) is 42.2 Å². The first-order valence-electron chi connectivity index (χ1n) is 5.84. The Morgan fingerprint density at radius 1 is 1.41 bits per heavy atom. The van der Waals surface area contributed by atoms with Gasteiger partial charge in [0.25, 0.3) is 0 Å². The van der Waals surface area contributed by atoms with Gasteiger partial charge in [-0.15, -0.1) is 0 Å². The SMILES string of the molecule is CCC(C=O)(Cc1ccc2ccoc2c1)NC. The van der Waals surface area contributed by atoms with Crippen molar-refractivity contribution in [1.29, 1.82) is 0 Å². The second kappa shape index (κ2) is 4.72. The van der Waals surface area contributed by atoms with Crippen LogP contribution in [-0.2, 0) is 11.2 Å². The van der Waals surface area contributed by atoms with E-state index in [1.807, 2.05) is 38.2 Å². The summed E-state index contributed by atoms with van der Waals surface area (Å²) in [5.41, 5.74) is 1.51. The summed E-state index contributed by atoms with van der Waals surface area (Å²) in [5.74, 6) is 0. The predicted molar refractivity (Wildman–Crippen MR) is 68.1 cm³/mol. The zero-order valence-corrected chi connectivity index (χ0v) is 10.2. The lowest BCUT2D eigenvalue weighted by molar-refractivity contribution is -0.113. The molecule has 0 fully saturated rings. The van der Waals surface area contributed by atoms with Crippen LogP contribution in [-0.4, -0.2) is 18.9 Å². The normalized spacial score (nSPS) is 14.7. The number of hydrogen-bond donors (Lipinski definition) is 1. The third-order valence-corrected chi connectivity index (χ3v) is 3.39. The molecule has 3 nitrogen and oxygen atoms in total. The van der Waals surface area contributed by atoms with Crippen molar-refractivity contribution in [2.24, 2.45) is 0 Å². The van der Waals surface area contributed by atoms with Crippen LogP contribution in [0.3, 0.4) is 0 Å². The highest BCUT2D eigenvalue weighted by Crippen LogP contribution is 2.21. The van der Waals surface area contributed by atoms with Crippen LogP contribution in [0.2, 0.25) is 0 Å². The average molecular weight is 231 g/mol. The fourth-order valence-corrected chi connectivity index (χ4v) is 2.05. The molecule has 0 aliphatic carbocycles. The Balaban J connectivity index is 2.30. The summed E-state index contributed by atoms with van der Waals surface area (Å²) < 4.78 is 5.37. The largest absolute Gasteiger partial charge is 0.464 e. The lowest BCUT2D eigenvalue weighted by Gasteiger charge is -2.26. The summed E-state index contributed by atoms with van der Waals surface area (Å²) in [7, 11) is 1.82. The predicted octanol–water partition coefficient (Wildman–Crippen LogP) is 2.54. The zero-order valence-electron chi connectivity index (χ0n) is 10.2. The van der Waals surface area contributed by atoms with Gasteiger partial charge in [-0.3, -0.25) is 0 Å². The van der Waals surface area contributed by atoms with E-state index in [2.05, 4.69) is 5.32 Å². The summed E-state index contributed by atoms with van der Waals surface area (Å²) >= 11 is 0. The number of aldehydes is 1. The van der Waals surface area contributed by atoms with E-state index >= 15 is 0 Å². The molecule has 0 saturated carbocycles. The van der Waals surface area contributed by atoms with E-state index in [9.17, 15) is 4.79 Å². The van der Waals surface area contributed by atoms with E-state index in [-0.39, 0.29) is 0 Å². The summed E-state index contributed by atoms with van der Waals surface area (Å²) in [6, 6.07) is 8.00. The molecule has 2 aromatic rings. The van der Waals surface area contributed by atoms with E-state index in [1.165, 1.54) is 0 Å². The number of furan rings is 1. The van der Waals surface area contributed by atoms with E-state index in [0.29, 0.717) is 6.42 Å². The molecule has 0 aliphatic heterocycles. The molecule has 1 aromatic carbocycles. The van der Waals surface area contributed by atoms with Crippen molar-refractivity contribution < 1.29 is 9.21 Å². The van der Waals surface area contributed by atoms with Crippen LogP contribution in [0.25, 0.3) is 11.0 Å². The highest BCUT2D eigenvalue weighted by atomic mass is 16.3. The van der Waals surface area contributed by atoms with Gasteiger partial charge in [0.15, 0.2) is 0 Å². The first-order valence-corrected chi connectivity index (χ1v) is 5.84. The Kier molecular flexibility index (Phi) is 3.29. The lowest BCUT2D eigenvalue weighted by Crippen LogP contribution is -2.46. The molecule has 2 rings (SSSR count). The standard InChI is InChI=1S/C14H17NO2/c1-3-14(10-16,15-2)9-11-4-5-12-6-7-17-13(12)8-11/h4-8,10,15H,3,9H2,1-2H3. The van der Waals surface area contributed by atoms with Crippen LogP contribution in [0.5, 0.6) is 0 Å². The number of fused-ring (bicyclic) bond motifs is 1. The molecule has 17 heavy (non-hydrogen) atoms. The third kappa shape index (κ3) is 2.24. The molecule has 1 heterocycles. The maximum Gasteiger partial charge on any atom is 0.140 e. The molecule has 1 N–H and O–H groups in total. The molecule has 0 bridgehead atoms. The van der Waals surface area contributed by atoms with Crippen molar-refractivity contribution in [3.63, 3.8) is 0 Å². The second-order valence-electron chi connectivity index (χ2n) is 4.35. The number of nitrogens with one attached hydrogen (secondary N) is 1. The molecule has 1 aromatic heterocycles. The fourth-order valence-electron chi connectivity index (χ4n) is 2.05. The van der Waals surface area contributed by atoms with Crippen molar-refractivity contribution in [3.05, 3.63) is 36.1 Å². The molecule has 1 atom stereocenters. The minimum Gasteiger partial charge on any atom is -0.464 e. The minimum atomic E-state index is -0.472. The number of carbonyl (C=O) groups is 1. The lowest BCUT2D eigenvalue weighted by atomic mass is 9.89. The maximum atomic E-state index is 11.2. The Hall–Kier alpha value is -1.61. The Morgan fingerprint density at radius 2 is 2.24 bits per heavy atom. The van der Waals surface area contributed by atoms with E-state index < -0.39 is 5.54 Å². The summed E-state index contributed by atoms with van der Waals surface area (Å²) in [6.45, 7) is 2.01. The highest BCUT2D eigenvalue weighted by molar-refractivity contribution is 5.78. The van der Waals surface area contributed by atoms with Crippen LogP contribution in [0.4, 0.5) is 0 Å². The third-order valence-electron chi connectivity index (χ3n) is 3.39. The maximum absolute atomic E-state index is 11.2. The first kappa shape index (κ1) is 11.9. The number of rotatable bonds is 5. The Bertz CT molecular complexity index is 512. The van der Waals surface area contributed by atoms with Crippen molar-refractivity contribution in [2.75, 3.05) is 7.05 Å². The average Bonchev–Trinajstić information content (AvgIpc) is 2.83. The van der Waals surface area contributed by atoms with Gasteiger partial charge in [-0.25, -0.2) is 0 Å². The number of carbonyl (C=O) groups excluding carboxylic acids is 1. The number of likely N-dealkylation sites (N-methyl/N-ethyl adjacent to an activating group) is 1. The van der Waals surface area contributed by atoms with Crippen LogP contribution in [0.15, 0.2) is 34.9 Å². The Morgan fingerprint density at radius 3 is 2.88 bits per heavy atom. The Labute approximate surface area is 101 Å². The van der Waals surface area contributed by atoms with Crippen LogP contribution in [0.1, 0.15) is 18.9 Å². The molecular formula is C14H17NO2. The molecule has 0 spiro atoms. The summed E-state index contributed by atoms with van der Waals surface area (Å²) in [4.78, 5) is 11.2. The number of benzene rings is 1. The van der Waals surface area contributed by atoms with E-state index in [1.54, 1.807) is 6.26 Å². The molecule has 0 radical (unpaired) electrons. The smallest absolute Gasteiger partial charge is 0.140 e. The fraction of sp³-hybridized carbons (Fsp3) is 0.357. The molecule has 0 amide bonds. The molecule has 3 heteroatoms. The molecule has 90 valence electrons. The molecule has 0 aliphatic rings. The number of hydrogen-bond acceptors (Lipinski definition) is 3. The van der Waals surface area contributed by atoms with Crippen molar-refractivity contribution in [3.8, 4) is 0 Å². The van der Waals surface area contributed by atoms with Gasteiger partial charge in [-0.2, -0.15) is 0 Å². The second-order valence-corrected chi connectivity index (χ2v) is 4.35. The molecular weight excluding hydrogens is 214 g/mol. The quantitative estimate of drug-likeness (QED) is 0.804. The summed E-state index contributed by atoms with van der Waals surface area (Å²) in [6.07, 6.45) is 4.13. The van der Waals surface area contributed by atoms with Crippen molar-refractivity contribution in [2.45, 2.75) is 25.3 Å². The first-order chi connectivity index (χ1) is 8.23. The molecule has 0 saturated heterocycles. The van der Waals surface area contributed by atoms with Crippen LogP contribution < -0.4 is 5.32 Å². The van der Waals surface area contributed by atoms with Gasteiger partial charge < -0.3 is 14.5 Å².